The minimum Gasteiger partial charge on any atom is -0.507 e. The molecule has 1 aliphatic carbocycles. The maximum absolute atomic E-state index is 12.1. The average Bonchev–Trinajstić information content (AvgIpc) is 2.57. The Kier molecular flexibility index (Phi) is 6.38. The number of ether oxygens (including phenoxy) is 1. The summed E-state index contributed by atoms with van der Waals surface area (Å²) in [4.78, 5) is 35.9. The Morgan fingerprint density at radius 2 is 1.88 bits per heavy atom. The second kappa shape index (κ2) is 8.50. The van der Waals surface area contributed by atoms with Crippen molar-refractivity contribution in [2.75, 3.05) is 0 Å². The third-order valence-corrected chi connectivity index (χ3v) is 4.20. The SMILES string of the molecule is Cc1ccc(O)c(C(=O)O[C@H](C)C(=O)NC(=O)NC2CCCCC2)c1. The molecule has 1 atom stereocenters. The highest BCUT2D eigenvalue weighted by Gasteiger charge is 2.23. The lowest BCUT2D eigenvalue weighted by atomic mass is 9.96. The zero-order valence-corrected chi connectivity index (χ0v) is 14.5. The van der Waals surface area contributed by atoms with E-state index in [0.717, 1.165) is 37.7 Å². The quantitative estimate of drug-likeness (QED) is 0.725. The lowest BCUT2D eigenvalue weighted by molar-refractivity contribution is -0.127. The molecule has 0 bridgehead atoms. The molecule has 7 heteroatoms. The summed E-state index contributed by atoms with van der Waals surface area (Å²) in [7, 11) is 0. The molecule has 1 saturated carbocycles. The van der Waals surface area contributed by atoms with E-state index in [4.69, 9.17) is 4.74 Å². The van der Waals surface area contributed by atoms with E-state index < -0.39 is 24.0 Å². The Balaban J connectivity index is 1.85. The number of aromatic hydroxyl groups is 1. The molecule has 0 saturated heterocycles. The summed E-state index contributed by atoms with van der Waals surface area (Å²) in [6.07, 6.45) is 3.93. The summed E-state index contributed by atoms with van der Waals surface area (Å²) < 4.78 is 5.03. The molecule has 0 radical (unpaired) electrons. The number of carbonyl (C=O) groups excluding carboxylic acids is 3. The minimum atomic E-state index is -1.16. The number of phenolic OH excluding ortho intramolecular Hbond substituents is 1. The number of phenols is 1. The van der Waals surface area contributed by atoms with Crippen molar-refractivity contribution in [3.63, 3.8) is 0 Å². The van der Waals surface area contributed by atoms with Crippen molar-refractivity contribution < 1.29 is 24.2 Å². The summed E-state index contributed by atoms with van der Waals surface area (Å²) in [6.45, 7) is 3.13. The van der Waals surface area contributed by atoms with Gasteiger partial charge in [-0.15, -0.1) is 0 Å². The van der Waals surface area contributed by atoms with Gasteiger partial charge in [0.2, 0.25) is 0 Å². The van der Waals surface area contributed by atoms with Crippen LogP contribution in [0.5, 0.6) is 5.75 Å². The largest absolute Gasteiger partial charge is 0.507 e. The molecule has 0 unspecified atom stereocenters. The smallest absolute Gasteiger partial charge is 0.342 e. The molecule has 0 aromatic heterocycles. The Labute approximate surface area is 146 Å². The number of nitrogens with one attached hydrogen (secondary N) is 2. The Morgan fingerprint density at radius 3 is 2.56 bits per heavy atom. The number of rotatable bonds is 4. The van der Waals surface area contributed by atoms with E-state index in [-0.39, 0.29) is 17.4 Å². The number of esters is 1. The maximum atomic E-state index is 12.1. The van der Waals surface area contributed by atoms with Crippen molar-refractivity contribution in [2.45, 2.75) is 58.1 Å². The number of aryl methyl sites for hydroxylation is 1. The van der Waals surface area contributed by atoms with Crippen LogP contribution in [0.1, 0.15) is 54.9 Å². The zero-order chi connectivity index (χ0) is 18.4. The van der Waals surface area contributed by atoms with Gasteiger partial charge in [-0.1, -0.05) is 30.9 Å². The zero-order valence-electron chi connectivity index (χ0n) is 14.5. The molecule has 3 N–H and O–H groups in total. The molecule has 2 rings (SSSR count). The van der Waals surface area contributed by atoms with Gasteiger partial charge in [-0.2, -0.15) is 0 Å². The molecule has 1 aromatic carbocycles. The summed E-state index contributed by atoms with van der Waals surface area (Å²) in [5.74, 6) is -1.76. The van der Waals surface area contributed by atoms with Crippen LogP contribution in [-0.4, -0.2) is 35.2 Å². The van der Waals surface area contributed by atoms with Crippen LogP contribution in [0.25, 0.3) is 0 Å². The van der Waals surface area contributed by atoms with Crippen molar-refractivity contribution in [2.24, 2.45) is 0 Å². The predicted molar refractivity (Wildman–Crippen MR) is 91.3 cm³/mol. The van der Waals surface area contributed by atoms with Gasteiger partial charge in [0.1, 0.15) is 11.3 Å². The fraction of sp³-hybridized carbons (Fsp3) is 0.500. The molecule has 1 fully saturated rings. The number of urea groups is 1. The lowest BCUT2D eigenvalue weighted by Crippen LogP contribution is -2.48. The first kappa shape index (κ1) is 18.8. The van der Waals surface area contributed by atoms with E-state index >= 15 is 0 Å². The van der Waals surface area contributed by atoms with E-state index in [9.17, 15) is 19.5 Å². The molecule has 1 aromatic rings. The summed E-state index contributed by atoms with van der Waals surface area (Å²) in [6, 6.07) is 3.99. The van der Waals surface area contributed by atoms with Crippen molar-refractivity contribution in [3.8, 4) is 5.75 Å². The van der Waals surface area contributed by atoms with Crippen molar-refractivity contribution >= 4 is 17.9 Å². The normalized spacial score (nSPS) is 15.9. The highest BCUT2D eigenvalue weighted by atomic mass is 16.5. The molecule has 3 amide bonds. The van der Waals surface area contributed by atoms with Gasteiger partial charge in [0.15, 0.2) is 6.10 Å². The molecule has 7 nitrogen and oxygen atoms in total. The van der Waals surface area contributed by atoms with E-state index in [1.54, 1.807) is 13.0 Å². The molecule has 1 aliphatic rings. The van der Waals surface area contributed by atoms with Crippen LogP contribution in [0.4, 0.5) is 4.79 Å². The van der Waals surface area contributed by atoms with Gasteiger partial charge < -0.3 is 15.2 Å². The van der Waals surface area contributed by atoms with Crippen LogP contribution in [0.2, 0.25) is 0 Å². The van der Waals surface area contributed by atoms with Crippen LogP contribution >= 0.6 is 0 Å². The van der Waals surface area contributed by atoms with Crippen LogP contribution < -0.4 is 10.6 Å². The fourth-order valence-corrected chi connectivity index (χ4v) is 2.77. The average molecular weight is 348 g/mol. The number of imide groups is 1. The molecular weight excluding hydrogens is 324 g/mol. The van der Waals surface area contributed by atoms with Crippen molar-refractivity contribution in [1.29, 1.82) is 0 Å². The molecular formula is C18H24N2O5. The van der Waals surface area contributed by atoms with Gasteiger partial charge in [0, 0.05) is 6.04 Å². The Morgan fingerprint density at radius 1 is 1.20 bits per heavy atom. The number of hydrogen-bond donors (Lipinski definition) is 3. The predicted octanol–water partition coefficient (Wildman–Crippen LogP) is 2.40. The topological polar surface area (TPSA) is 105 Å². The van der Waals surface area contributed by atoms with Gasteiger partial charge in [-0.05, 0) is 38.8 Å². The van der Waals surface area contributed by atoms with Crippen LogP contribution in [-0.2, 0) is 9.53 Å². The standard InChI is InChI=1S/C18H24N2O5/c1-11-8-9-15(21)14(10-11)17(23)25-12(2)16(22)20-18(24)19-13-6-4-3-5-7-13/h8-10,12-13,21H,3-7H2,1-2H3,(H2,19,20,22,24)/t12-/m1/s1. The van der Waals surface area contributed by atoms with E-state index in [1.165, 1.54) is 19.1 Å². The Hall–Kier alpha value is -2.57. The molecule has 0 spiro atoms. The molecule has 25 heavy (non-hydrogen) atoms. The van der Waals surface area contributed by atoms with Gasteiger partial charge in [0.05, 0.1) is 0 Å². The Bertz CT molecular complexity index is 653. The first-order chi connectivity index (χ1) is 11.9. The molecule has 0 heterocycles. The first-order valence-electron chi connectivity index (χ1n) is 8.49. The van der Waals surface area contributed by atoms with E-state index in [2.05, 4.69) is 10.6 Å². The van der Waals surface area contributed by atoms with Gasteiger partial charge in [-0.3, -0.25) is 10.1 Å². The number of carbonyl (C=O) groups is 3. The first-order valence-corrected chi connectivity index (χ1v) is 8.49. The highest BCUT2D eigenvalue weighted by molar-refractivity contribution is 5.99. The monoisotopic (exact) mass is 348 g/mol. The van der Waals surface area contributed by atoms with E-state index in [0.29, 0.717) is 0 Å². The summed E-state index contributed by atoms with van der Waals surface area (Å²) >= 11 is 0. The summed E-state index contributed by atoms with van der Waals surface area (Å²) in [5, 5.41) is 14.7. The molecule has 0 aliphatic heterocycles. The molecule has 136 valence electrons. The van der Waals surface area contributed by atoms with Crippen LogP contribution in [0.15, 0.2) is 18.2 Å². The summed E-state index contributed by atoms with van der Waals surface area (Å²) in [5.41, 5.74) is 0.750. The fourth-order valence-electron chi connectivity index (χ4n) is 2.77. The van der Waals surface area contributed by atoms with E-state index in [1.807, 2.05) is 0 Å². The highest BCUT2D eigenvalue weighted by Crippen LogP contribution is 2.20. The maximum Gasteiger partial charge on any atom is 0.342 e. The minimum absolute atomic E-state index is 0.0219. The number of amides is 3. The lowest BCUT2D eigenvalue weighted by Gasteiger charge is -2.23. The van der Waals surface area contributed by atoms with Crippen molar-refractivity contribution in [3.05, 3.63) is 29.3 Å². The third-order valence-electron chi connectivity index (χ3n) is 4.20. The third kappa shape index (κ3) is 5.48. The van der Waals surface area contributed by atoms with Crippen LogP contribution in [0, 0.1) is 6.92 Å². The van der Waals surface area contributed by atoms with Crippen molar-refractivity contribution in [1.82, 2.24) is 10.6 Å². The van der Waals surface area contributed by atoms with Gasteiger partial charge in [0.25, 0.3) is 5.91 Å². The second-order valence-corrected chi connectivity index (χ2v) is 6.37. The number of hydrogen-bond acceptors (Lipinski definition) is 5. The number of benzene rings is 1. The second-order valence-electron chi connectivity index (χ2n) is 6.37. The van der Waals surface area contributed by atoms with Gasteiger partial charge >= 0.3 is 12.0 Å². The van der Waals surface area contributed by atoms with Gasteiger partial charge in [-0.25, -0.2) is 9.59 Å². The van der Waals surface area contributed by atoms with Crippen LogP contribution in [0.3, 0.4) is 0 Å².